The molecule has 1 heterocycles. The molecule has 0 unspecified atom stereocenters. The summed E-state index contributed by atoms with van der Waals surface area (Å²) in [6.07, 6.45) is 0. The lowest BCUT2D eigenvalue weighted by Gasteiger charge is -2.25. The molecule has 4 heteroatoms. The lowest BCUT2D eigenvalue weighted by Crippen LogP contribution is -2.39. The fourth-order valence-electron chi connectivity index (χ4n) is 2.53. The molecule has 118 valence electrons. The highest BCUT2D eigenvalue weighted by atomic mass is 32.1. The minimum absolute atomic E-state index is 0.147. The van der Waals surface area contributed by atoms with Crippen LogP contribution in [-0.4, -0.2) is 30.9 Å². The van der Waals surface area contributed by atoms with E-state index in [4.69, 9.17) is 0 Å². The highest BCUT2D eigenvalue weighted by molar-refractivity contribution is 7.10. The number of anilines is 1. The molecular weight excluding hydrogens is 292 g/mol. The molecule has 0 saturated heterocycles. The third-order valence-corrected chi connectivity index (χ3v) is 4.82. The van der Waals surface area contributed by atoms with E-state index in [1.165, 1.54) is 10.4 Å². The van der Waals surface area contributed by atoms with E-state index >= 15 is 0 Å². The van der Waals surface area contributed by atoms with Crippen LogP contribution in [0.25, 0.3) is 0 Å². The van der Waals surface area contributed by atoms with Gasteiger partial charge in [0.1, 0.15) is 0 Å². The number of hydrogen-bond acceptors (Lipinski definition) is 3. The third-order valence-electron chi connectivity index (χ3n) is 3.81. The van der Waals surface area contributed by atoms with Gasteiger partial charge in [-0.2, -0.15) is 0 Å². The summed E-state index contributed by atoms with van der Waals surface area (Å²) < 4.78 is 0. The second-order valence-electron chi connectivity index (χ2n) is 5.62. The standard InChI is InChI=1S/C18H24N2OS/c1-5-20(16-9-7-6-8-14(16)2)18(21)13-19(4)12-17-15(3)10-11-22-17/h6-11H,5,12-13H2,1-4H3. The van der Waals surface area contributed by atoms with Gasteiger partial charge in [0.05, 0.1) is 6.54 Å². The van der Waals surface area contributed by atoms with Crippen LogP contribution in [0, 0.1) is 13.8 Å². The van der Waals surface area contributed by atoms with E-state index in [0.29, 0.717) is 13.1 Å². The molecule has 22 heavy (non-hydrogen) atoms. The summed E-state index contributed by atoms with van der Waals surface area (Å²) in [4.78, 5) is 17.9. The molecule has 0 atom stereocenters. The predicted octanol–water partition coefficient (Wildman–Crippen LogP) is 3.85. The van der Waals surface area contributed by atoms with E-state index in [0.717, 1.165) is 17.8 Å². The van der Waals surface area contributed by atoms with Crippen LogP contribution in [0.4, 0.5) is 5.69 Å². The van der Waals surface area contributed by atoms with Crippen molar-refractivity contribution in [3.05, 3.63) is 51.7 Å². The van der Waals surface area contributed by atoms with E-state index in [9.17, 15) is 4.79 Å². The first-order chi connectivity index (χ1) is 10.5. The van der Waals surface area contributed by atoms with Crippen molar-refractivity contribution >= 4 is 22.9 Å². The Hall–Kier alpha value is -1.65. The maximum absolute atomic E-state index is 12.6. The number of hydrogen-bond donors (Lipinski definition) is 0. The normalized spacial score (nSPS) is 11.0. The Labute approximate surface area is 137 Å². The van der Waals surface area contributed by atoms with E-state index < -0.39 is 0 Å². The number of likely N-dealkylation sites (N-methyl/N-ethyl adjacent to an activating group) is 2. The average molecular weight is 316 g/mol. The minimum atomic E-state index is 0.147. The van der Waals surface area contributed by atoms with Gasteiger partial charge in [-0.05, 0) is 56.5 Å². The maximum Gasteiger partial charge on any atom is 0.241 e. The highest BCUT2D eigenvalue weighted by Crippen LogP contribution is 2.20. The summed E-state index contributed by atoms with van der Waals surface area (Å²) in [7, 11) is 2.00. The van der Waals surface area contributed by atoms with Crippen molar-refractivity contribution in [2.75, 3.05) is 25.0 Å². The van der Waals surface area contributed by atoms with Gasteiger partial charge in [-0.15, -0.1) is 11.3 Å². The molecule has 2 aromatic rings. The van der Waals surface area contributed by atoms with Gasteiger partial charge in [-0.1, -0.05) is 18.2 Å². The van der Waals surface area contributed by atoms with Gasteiger partial charge >= 0.3 is 0 Å². The fraction of sp³-hybridized carbons (Fsp3) is 0.389. The lowest BCUT2D eigenvalue weighted by atomic mass is 10.2. The molecule has 0 fully saturated rings. The van der Waals surface area contributed by atoms with Gasteiger partial charge in [0, 0.05) is 23.7 Å². The molecule has 2 rings (SSSR count). The third kappa shape index (κ3) is 3.96. The van der Waals surface area contributed by atoms with Gasteiger partial charge in [0.15, 0.2) is 0 Å². The van der Waals surface area contributed by atoms with Crippen LogP contribution in [0.15, 0.2) is 35.7 Å². The van der Waals surface area contributed by atoms with Crippen molar-refractivity contribution in [3.8, 4) is 0 Å². The first-order valence-electron chi connectivity index (χ1n) is 7.60. The summed E-state index contributed by atoms with van der Waals surface area (Å²) in [6.45, 7) is 8.13. The molecule has 0 aliphatic heterocycles. The molecule has 3 nitrogen and oxygen atoms in total. The number of rotatable bonds is 6. The van der Waals surface area contributed by atoms with Gasteiger partial charge in [0.2, 0.25) is 5.91 Å². The number of benzene rings is 1. The van der Waals surface area contributed by atoms with Crippen LogP contribution in [0.3, 0.4) is 0 Å². The van der Waals surface area contributed by atoms with E-state index in [1.807, 2.05) is 50.1 Å². The highest BCUT2D eigenvalue weighted by Gasteiger charge is 2.17. The average Bonchev–Trinajstić information content (AvgIpc) is 2.87. The second-order valence-corrected chi connectivity index (χ2v) is 6.62. The monoisotopic (exact) mass is 316 g/mol. The van der Waals surface area contributed by atoms with Crippen LogP contribution in [-0.2, 0) is 11.3 Å². The minimum Gasteiger partial charge on any atom is -0.311 e. The Morgan fingerprint density at radius 3 is 2.45 bits per heavy atom. The zero-order chi connectivity index (χ0) is 16.1. The SMILES string of the molecule is CCN(C(=O)CN(C)Cc1sccc1C)c1ccccc1C. The number of nitrogens with zero attached hydrogens (tertiary/aromatic N) is 2. The molecule has 0 spiro atoms. The molecule has 0 saturated carbocycles. The second kappa shape index (κ2) is 7.56. The van der Waals surface area contributed by atoms with Crippen LogP contribution < -0.4 is 4.90 Å². The summed E-state index contributed by atoms with van der Waals surface area (Å²) in [5.41, 5.74) is 3.45. The number of amides is 1. The molecule has 1 amide bonds. The topological polar surface area (TPSA) is 23.6 Å². The molecule has 0 N–H and O–H groups in total. The van der Waals surface area contributed by atoms with Crippen LogP contribution >= 0.6 is 11.3 Å². The zero-order valence-corrected chi connectivity index (χ0v) is 14.6. The van der Waals surface area contributed by atoms with E-state index in [2.05, 4.69) is 23.3 Å². The smallest absolute Gasteiger partial charge is 0.241 e. The van der Waals surface area contributed by atoms with Crippen molar-refractivity contribution in [1.82, 2.24) is 4.90 Å². The molecule has 1 aromatic carbocycles. The van der Waals surface area contributed by atoms with Crippen molar-refractivity contribution < 1.29 is 4.79 Å². The Balaban J connectivity index is 2.03. The van der Waals surface area contributed by atoms with E-state index in [-0.39, 0.29) is 5.91 Å². The summed E-state index contributed by atoms with van der Waals surface area (Å²) in [6, 6.07) is 10.2. The first kappa shape index (κ1) is 16.7. The van der Waals surface area contributed by atoms with Gasteiger partial charge in [0.25, 0.3) is 0 Å². The van der Waals surface area contributed by atoms with Gasteiger partial charge < -0.3 is 4.90 Å². The van der Waals surface area contributed by atoms with Crippen LogP contribution in [0.1, 0.15) is 22.9 Å². The van der Waals surface area contributed by atoms with Crippen LogP contribution in [0.2, 0.25) is 0 Å². The molecular formula is C18H24N2OS. The van der Waals surface area contributed by atoms with Crippen molar-refractivity contribution in [2.45, 2.75) is 27.3 Å². The number of carbonyl (C=O) groups is 1. The fourth-order valence-corrected chi connectivity index (χ4v) is 3.52. The van der Waals surface area contributed by atoms with Crippen molar-refractivity contribution in [1.29, 1.82) is 0 Å². The first-order valence-corrected chi connectivity index (χ1v) is 8.48. The molecule has 0 aliphatic rings. The lowest BCUT2D eigenvalue weighted by molar-refractivity contribution is -0.119. The largest absolute Gasteiger partial charge is 0.311 e. The number of thiophene rings is 1. The van der Waals surface area contributed by atoms with E-state index in [1.54, 1.807) is 11.3 Å². The molecule has 0 aliphatic carbocycles. The summed E-state index contributed by atoms with van der Waals surface area (Å²) in [5.74, 6) is 0.147. The number of carbonyl (C=O) groups excluding carboxylic acids is 1. The Morgan fingerprint density at radius 2 is 1.86 bits per heavy atom. The molecule has 0 radical (unpaired) electrons. The maximum atomic E-state index is 12.6. The summed E-state index contributed by atoms with van der Waals surface area (Å²) in [5, 5.41) is 2.10. The quantitative estimate of drug-likeness (QED) is 0.808. The Morgan fingerprint density at radius 1 is 1.14 bits per heavy atom. The Kier molecular flexibility index (Phi) is 5.75. The number of para-hydroxylation sites is 1. The zero-order valence-electron chi connectivity index (χ0n) is 13.8. The Bertz CT molecular complexity index is 636. The number of aryl methyl sites for hydroxylation is 2. The predicted molar refractivity (Wildman–Crippen MR) is 94.6 cm³/mol. The molecule has 0 bridgehead atoms. The summed E-state index contributed by atoms with van der Waals surface area (Å²) >= 11 is 1.75. The van der Waals surface area contributed by atoms with Gasteiger partial charge in [-0.25, -0.2) is 0 Å². The molecule has 1 aromatic heterocycles. The van der Waals surface area contributed by atoms with Crippen LogP contribution in [0.5, 0.6) is 0 Å². The van der Waals surface area contributed by atoms with Gasteiger partial charge in [-0.3, -0.25) is 9.69 Å². The van der Waals surface area contributed by atoms with Crippen molar-refractivity contribution in [2.24, 2.45) is 0 Å². The van der Waals surface area contributed by atoms with Crippen molar-refractivity contribution in [3.63, 3.8) is 0 Å².